The maximum absolute atomic E-state index is 6.56. The number of hydrogen-bond donors (Lipinski definition) is 0. The monoisotopic (exact) mass is 2370 g/mol. The van der Waals surface area contributed by atoms with Gasteiger partial charge in [-0.1, -0.05) is 297 Å². The summed E-state index contributed by atoms with van der Waals surface area (Å²) in [6.07, 6.45) is 31.1. The second-order valence-electron chi connectivity index (χ2n) is 40.9. The van der Waals surface area contributed by atoms with Crippen molar-refractivity contribution in [1.82, 2.24) is 0 Å². The van der Waals surface area contributed by atoms with E-state index in [4.69, 9.17) is 18.6 Å². The van der Waals surface area contributed by atoms with Crippen LogP contribution >= 0.6 is 127 Å². The van der Waals surface area contributed by atoms with Gasteiger partial charge in [0, 0.05) is 75.3 Å². The van der Waals surface area contributed by atoms with E-state index in [0.717, 1.165) is 122 Å². The van der Waals surface area contributed by atoms with Gasteiger partial charge in [-0.25, -0.2) is 0 Å². The molecule has 13 aromatic carbocycles. The predicted molar refractivity (Wildman–Crippen MR) is 623 cm³/mol. The normalized spacial score (nSPS) is 16.0. The van der Waals surface area contributed by atoms with E-state index in [9.17, 15) is 0 Å². The van der Waals surface area contributed by atoms with Crippen molar-refractivity contribution in [3.8, 4) is 22.3 Å². The number of rotatable bonds is 30. The van der Waals surface area contributed by atoms with Crippen LogP contribution in [0.15, 0.2) is 322 Å². The van der Waals surface area contributed by atoms with Crippen molar-refractivity contribution in [1.29, 1.82) is 0 Å². The molecule has 1 unspecified atom stereocenters. The topological polar surface area (TPSA) is 43.4 Å². The summed E-state index contributed by atoms with van der Waals surface area (Å²) in [5.41, 5.74) is 34.7. The summed E-state index contributed by atoms with van der Waals surface area (Å²) >= 11 is 29.1. The van der Waals surface area contributed by atoms with Gasteiger partial charge in [-0.2, -0.15) is 0 Å². The molecule has 0 spiro atoms. The summed E-state index contributed by atoms with van der Waals surface area (Å²) in [7, 11) is -0.698. The number of nitrogens with zero attached hydrogens (tertiary/aromatic N) is 2. The van der Waals surface area contributed by atoms with Crippen LogP contribution in [0, 0.1) is 0 Å². The van der Waals surface area contributed by atoms with Gasteiger partial charge in [0.1, 0.15) is 0 Å². The Labute approximate surface area is 903 Å². The molecule has 0 amide bonds. The molecule has 724 valence electrons. The Balaban J connectivity index is 0.000000127. The van der Waals surface area contributed by atoms with Crippen molar-refractivity contribution >= 4 is 187 Å². The van der Waals surface area contributed by atoms with E-state index in [-0.39, 0.29) is 47.5 Å². The van der Waals surface area contributed by atoms with Gasteiger partial charge < -0.3 is 28.4 Å². The van der Waals surface area contributed by atoms with Gasteiger partial charge >= 0.3 is 14.2 Å². The molecule has 7 aliphatic rings. The highest BCUT2D eigenvalue weighted by Crippen LogP contribution is 2.60. The lowest BCUT2D eigenvalue weighted by atomic mass is 9.65. The molecule has 20 rings (SSSR count). The number of allylic oxidation sites excluding steroid dienone is 2. The van der Waals surface area contributed by atoms with Crippen molar-refractivity contribution in [2.45, 2.75) is 270 Å². The van der Waals surface area contributed by atoms with Crippen LogP contribution in [-0.2, 0) is 80.8 Å². The SMILES string of the molecule is Brc1ccc(N(c2ccc(Br)cc2)c2ccc3c(c2)CC3)cc1.Brc1ccc2c(c1)C(c1ccc3c(c1)CC3)(c1ccc3c(c1)CC3)c1cc(Br)ccc1-2.C=CCCCC1(CCCC=C)c2cc(Br)ccc2-c2ccc(Br)cc21.CCC(C)c1ccc(N(c2ccc(Br)cc2)c2ccc(Br)cc2)cc1.CCCCCCc1cc(B2OC(C)(C)C(C)(C)O2)c(CCCCCC)cc1B1OC(C)(C)C(C)(C)O1. The van der Waals surface area contributed by atoms with E-state index in [2.05, 4.69) is 494 Å². The van der Waals surface area contributed by atoms with E-state index < -0.39 is 0 Å². The fraction of sp³-hybridized carbons (Fsp3) is 0.339. The summed E-state index contributed by atoms with van der Waals surface area (Å²) in [6, 6.07) is 95.9. The molecule has 13 aromatic rings. The number of unbranched alkanes of at least 4 members (excludes halogenated alkanes) is 8. The number of aryl methyl sites for hydroxylation is 8. The average molecular weight is 2380 g/mol. The lowest BCUT2D eigenvalue weighted by Crippen LogP contribution is -2.43. The smallest absolute Gasteiger partial charge is 0.399 e. The van der Waals surface area contributed by atoms with Crippen molar-refractivity contribution < 1.29 is 18.6 Å². The highest BCUT2D eigenvalue weighted by atomic mass is 79.9. The zero-order valence-corrected chi connectivity index (χ0v) is 96.1. The molecule has 2 fully saturated rings. The Morgan fingerprint density at radius 1 is 0.314 bits per heavy atom. The van der Waals surface area contributed by atoms with Gasteiger partial charge in [-0.05, 0) is 457 Å². The highest BCUT2D eigenvalue weighted by Gasteiger charge is 2.55. The molecule has 1 atom stereocenters. The van der Waals surface area contributed by atoms with Crippen LogP contribution in [0.5, 0.6) is 0 Å². The molecule has 0 radical (unpaired) electrons. The molecule has 6 nitrogen and oxygen atoms in total. The number of anilines is 6. The third-order valence-corrected chi connectivity index (χ3v) is 34.9. The molecule has 140 heavy (non-hydrogen) atoms. The van der Waals surface area contributed by atoms with Crippen LogP contribution in [-0.4, -0.2) is 36.6 Å². The maximum Gasteiger partial charge on any atom is 0.495 e. The van der Waals surface area contributed by atoms with Gasteiger partial charge in [-0.3, -0.25) is 0 Å². The maximum atomic E-state index is 6.56. The predicted octanol–water partition coefficient (Wildman–Crippen LogP) is 37.5. The first-order valence-corrected chi connectivity index (χ1v) is 57.0. The fourth-order valence-electron chi connectivity index (χ4n) is 20.9. The number of benzene rings is 13. The molecule has 0 aromatic heterocycles. The summed E-state index contributed by atoms with van der Waals surface area (Å²) < 4.78 is 35.2. The van der Waals surface area contributed by atoms with Crippen molar-refractivity contribution in [3.05, 3.63) is 405 Å². The minimum atomic E-state index is -0.358. The zero-order valence-electron chi connectivity index (χ0n) is 83.4. The Morgan fingerprint density at radius 2 is 0.607 bits per heavy atom. The molecule has 0 N–H and O–H groups in total. The molecule has 2 saturated heterocycles. The van der Waals surface area contributed by atoms with Crippen molar-refractivity contribution in [2.75, 3.05) is 9.80 Å². The molecule has 2 aliphatic heterocycles. The van der Waals surface area contributed by atoms with Crippen LogP contribution in [0.4, 0.5) is 34.1 Å². The molecule has 5 aliphatic carbocycles. The first kappa shape index (κ1) is 106. The van der Waals surface area contributed by atoms with Gasteiger partial charge in [0.2, 0.25) is 0 Å². The first-order valence-electron chi connectivity index (χ1n) is 50.7. The number of halogens is 8. The second kappa shape index (κ2) is 46.2. The van der Waals surface area contributed by atoms with Crippen LogP contribution in [0.2, 0.25) is 0 Å². The van der Waals surface area contributed by atoms with Crippen molar-refractivity contribution in [2.24, 2.45) is 0 Å². The fourth-order valence-corrected chi connectivity index (χ4v) is 23.4. The quantitative estimate of drug-likeness (QED) is 0.0254. The third kappa shape index (κ3) is 23.1. The van der Waals surface area contributed by atoms with Crippen molar-refractivity contribution in [3.63, 3.8) is 0 Å². The zero-order chi connectivity index (χ0) is 99.0. The van der Waals surface area contributed by atoms with Crippen LogP contribution in [0.25, 0.3) is 22.3 Å². The second-order valence-corrected chi connectivity index (χ2v) is 48.2. The largest absolute Gasteiger partial charge is 0.495 e. The van der Waals surface area contributed by atoms with E-state index in [1.807, 2.05) is 12.2 Å². The van der Waals surface area contributed by atoms with Gasteiger partial charge in [0.05, 0.1) is 27.8 Å². The van der Waals surface area contributed by atoms with E-state index >= 15 is 0 Å². The summed E-state index contributed by atoms with van der Waals surface area (Å²) in [4.78, 5) is 4.58. The Kier molecular flexibility index (Phi) is 34.8. The molecule has 0 saturated carbocycles. The van der Waals surface area contributed by atoms with E-state index in [1.54, 1.807) is 0 Å². The standard InChI is InChI=1S/C30H52B2O4.C29H20Br2.C23H24Br2.C22H21Br2N.C20H15Br2N/c1-11-13-15-17-19-23-21-26(32-35-29(7,8)30(9,10)36-32)24(20-18-16-14-12-2)22-25(23)31-33-27(3,4)28(5,6)34-31;30-23-9-11-25-26-12-10-24(31)16-28(26)29(27(25)15-23,21-7-5-17-1-3-19(17)13-21)22-8-6-18-2-4-20(18)14-22;1-3-5-7-13-23(14-8-6-4-2)21-15-17(24)9-11-19(21)20-12-10-18(25)16-22(20)23;1-3-16(2)17-4-10-20(11-5-17)25(21-12-6-18(23)7-13-21)22-14-8-19(24)9-15-22;21-16-4-9-18(10-5-16)23(19-11-6-17(22)7-12-19)20-8-3-14-1-2-15(14)13-20/h21-22H,11-20H2,1-10H3;5-16H,1-4H2;3-4,9-12,15-16H,1-2,5-8,13-14H2;4-16H,3H2,1-2H3;3-13H,1-2H2. The minimum absolute atomic E-state index is 0.0875. The summed E-state index contributed by atoms with van der Waals surface area (Å²) in [5.74, 6) is 0.586. The van der Waals surface area contributed by atoms with Gasteiger partial charge in [0.25, 0.3) is 0 Å². The average Bonchev–Trinajstić information content (AvgIpc) is 1.53. The summed E-state index contributed by atoms with van der Waals surface area (Å²) in [6.45, 7) is 34.0. The van der Waals surface area contributed by atoms with E-state index in [1.165, 1.54) is 212 Å². The Morgan fingerprint density at radius 3 is 0.914 bits per heavy atom. The Hall–Kier alpha value is -7.25. The molecular formula is C124H132B2Br8N2O4. The lowest BCUT2D eigenvalue weighted by molar-refractivity contribution is 0.00578. The Bertz CT molecular complexity index is 6180. The van der Waals surface area contributed by atoms with Gasteiger partial charge in [0.15, 0.2) is 0 Å². The number of hydrogen-bond acceptors (Lipinski definition) is 6. The van der Waals surface area contributed by atoms with Crippen LogP contribution < -0.4 is 20.7 Å². The molecule has 2 heterocycles. The highest BCUT2D eigenvalue weighted by molar-refractivity contribution is 9.11. The summed E-state index contributed by atoms with van der Waals surface area (Å²) in [5, 5.41) is 0. The van der Waals surface area contributed by atoms with Gasteiger partial charge in [-0.15, -0.1) is 13.2 Å². The third-order valence-electron chi connectivity index (χ3n) is 30.8. The molecule has 16 heteroatoms. The molecular weight excluding hydrogens is 2240 g/mol. The lowest BCUT2D eigenvalue weighted by Gasteiger charge is -2.36. The molecule has 0 bridgehead atoms. The van der Waals surface area contributed by atoms with Crippen LogP contribution in [0.3, 0.4) is 0 Å². The minimum Gasteiger partial charge on any atom is -0.399 e. The van der Waals surface area contributed by atoms with Crippen LogP contribution in [0.1, 0.15) is 269 Å². The first-order chi connectivity index (χ1) is 67.3. The number of fused-ring (bicyclic) bond motifs is 9. The van der Waals surface area contributed by atoms with E-state index in [0.29, 0.717) is 5.92 Å².